The normalized spacial score (nSPS) is 10.4. The van der Waals surface area contributed by atoms with E-state index < -0.39 is 5.91 Å². The van der Waals surface area contributed by atoms with Crippen LogP contribution in [0.2, 0.25) is 0 Å². The number of carbonyl (C=O) groups excluding carboxylic acids is 1. The third-order valence-electron chi connectivity index (χ3n) is 2.66. The van der Waals surface area contributed by atoms with Gasteiger partial charge in [0.1, 0.15) is 11.5 Å². The van der Waals surface area contributed by atoms with Gasteiger partial charge in [-0.3, -0.25) is 4.79 Å². The van der Waals surface area contributed by atoms with E-state index in [1.807, 2.05) is 13.8 Å². The summed E-state index contributed by atoms with van der Waals surface area (Å²) in [7, 11) is 0. The van der Waals surface area contributed by atoms with Crippen molar-refractivity contribution in [3.8, 4) is 0 Å². The number of nitrogens with zero attached hydrogens (tertiary/aromatic N) is 2. The smallest absolute Gasteiger partial charge is 0.267 e. The zero-order valence-electron chi connectivity index (χ0n) is 10.7. The van der Waals surface area contributed by atoms with Crippen molar-refractivity contribution in [1.29, 1.82) is 0 Å². The Morgan fingerprint density at radius 3 is 2.68 bits per heavy atom. The van der Waals surface area contributed by atoms with E-state index in [0.29, 0.717) is 23.9 Å². The molecule has 100 valence electrons. The Kier molecular flexibility index (Phi) is 3.37. The van der Waals surface area contributed by atoms with E-state index in [4.69, 9.17) is 15.9 Å². The molecule has 0 aliphatic carbocycles. The number of oxazole rings is 1. The maximum absolute atomic E-state index is 11.0. The van der Waals surface area contributed by atoms with E-state index >= 15 is 0 Å². The first-order valence-corrected chi connectivity index (χ1v) is 5.70. The molecule has 0 bridgehead atoms. The number of nitrogens with one attached hydrogen (secondary N) is 1. The van der Waals surface area contributed by atoms with Gasteiger partial charge in [-0.05, 0) is 26.0 Å². The minimum Gasteiger partial charge on any atom is -0.444 e. The number of amides is 1. The van der Waals surface area contributed by atoms with Crippen molar-refractivity contribution >= 4 is 17.4 Å². The highest BCUT2D eigenvalue weighted by Crippen LogP contribution is 2.17. The predicted molar refractivity (Wildman–Crippen MR) is 70.5 cm³/mol. The van der Waals surface area contributed by atoms with E-state index in [2.05, 4.69) is 15.3 Å². The number of hydrogen-bond donors (Lipinski definition) is 3. The van der Waals surface area contributed by atoms with Crippen LogP contribution in [0.4, 0.5) is 11.5 Å². The quantitative estimate of drug-likeness (QED) is 0.754. The van der Waals surface area contributed by atoms with E-state index in [1.54, 1.807) is 6.07 Å². The van der Waals surface area contributed by atoms with Crippen LogP contribution < -0.4 is 16.8 Å². The van der Waals surface area contributed by atoms with Crippen LogP contribution in [0.5, 0.6) is 0 Å². The molecule has 0 aliphatic heterocycles. The van der Waals surface area contributed by atoms with Crippen LogP contribution in [-0.4, -0.2) is 15.9 Å². The average molecular weight is 261 g/mol. The van der Waals surface area contributed by atoms with Crippen molar-refractivity contribution in [3.63, 3.8) is 0 Å². The molecule has 0 fully saturated rings. The number of nitrogen functional groups attached to an aromatic ring is 1. The van der Waals surface area contributed by atoms with Crippen molar-refractivity contribution < 1.29 is 9.21 Å². The fourth-order valence-electron chi connectivity index (χ4n) is 1.52. The molecular weight excluding hydrogens is 246 g/mol. The Balaban J connectivity index is 2.14. The molecule has 0 aromatic carbocycles. The molecule has 0 saturated heterocycles. The molecule has 2 heterocycles. The first-order chi connectivity index (χ1) is 8.97. The van der Waals surface area contributed by atoms with Crippen LogP contribution in [0.3, 0.4) is 0 Å². The largest absolute Gasteiger partial charge is 0.444 e. The fourth-order valence-corrected chi connectivity index (χ4v) is 1.52. The molecule has 0 spiro atoms. The molecule has 2 aromatic rings. The van der Waals surface area contributed by atoms with Gasteiger partial charge in [-0.2, -0.15) is 0 Å². The first kappa shape index (κ1) is 12.9. The molecule has 1 amide bonds. The number of pyridine rings is 1. The molecule has 0 radical (unpaired) electrons. The van der Waals surface area contributed by atoms with Gasteiger partial charge in [-0.15, -0.1) is 0 Å². The maximum Gasteiger partial charge on any atom is 0.267 e. The van der Waals surface area contributed by atoms with Crippen LogP contribution in [0.15, 0.2) is 16.5 Å². The lowest BCUT2D eigenvalue weighted by Crippen LogP contribution is -2.15. The lowest BCUT2D eigenvalue weighted by molar-refractivity contribution is 0.0996. The van der Waals surface area contributed by atoms with E-state index in [1.165, 1.54) is 6.07 Å². The second-order valence-corrected chi connectivity index (χ2v) is 4.10. The summed E-state index contributed by atoms with van der Waals surface area (Å²) in [5.74, 6) is 1.07. The maximum atomic E-state index is 11.0. The Bertz CT molecular complexity index is 601. The van der Waals surface area contributed by atoms with Gasteiger partial charge in [0.15, 0.2) is 5.82 Å². The monoisotopic (exact) mass is 261 g/mol. The Hall–Kier alpha value is -2.57. The van der Waals surface area contributed by atoms with Gasteiger partial charge < -0.3 is 21.2 Å². The summed E-state index contributed by atoms with van der Waals surface area (Å²) in [4.78, 5) is 19.3. The van der Waals surface area contributed by atoms with Crippen molar-refractivity contribution in [2.45, 2.75) is 20.4 Å². The summed E-state index contributed by atoms with van der Waals surface area (Å²) in [6, 6.07) is 3.05. The summed E-state index contributed by atoms with van der Waals surface area (Å²) in [5.41, 5.74) is 12.3. The number of hydrogen-bond acceptors (Lipinski definition) is 6. The Labute approximate surface area is 110 Å². The third kappa shape index (κ3) is 2.82. The van der Waals surface area contributed by atoms with E-state index in [0.717, 1.165) is 11.5 Å². The predicted octanol–water partition coefficient (Wildman–Crippen LogP) is 0.980. The van der Waals surface area contributed by atoms with Crippen LogP contribution in [0.1, 0.15) is 27.8 Å². The van der Waals surface area contributed by atoms with Crippen molar-refractivity contribution in [2.24, 2.45) is 5.73 Å². The summed E-state index contributed by atoms with van der Waals surface area (Å²) in [6.07, 6.45) is 0. The molecule has 0 unspecified atom stereocenters. The van der Waals surface area contributed by atoms with E-state index in [-0.39, 0.29) is 5.69 Å². The summed E-state index contributed by atoms with van der Waals surface area (Å²) >= 11 is 0. The molecule has 7 heteroatoms. The van der Waals surface area contributed by atoms with Gasteiger partial charge in [-0.1, -0.05) is 0 Å². The van der Waals surface area contributed by atoms with Crippen LogP contribution in [-0.2, 0) is 6.54 Å². The minimum atomic E-state index is -0.606. The Morgan fingerprint density at radius 2 is 2.11 bits per heavy atom. The average Bonchev–Trinajstić information content (AvgIpc) is 2.67. The number of nitrogens with two attached hydrogens (primary N) is 2. The van der Waals surface area contributed by atoms with Crippen LogP contribution >= 0.6 is 0 Å². The summed E-state index contributed by atoms with van der Waals surface area (Å²) in [5, 5.41) is 2.96. The summed E-state index contributed by atoms with van der Waals surface area (Å²) in [6.45, 7) is 4.03. The molecule has 0 aliphatic rings. The summed E-state index contributed by atoms with van der Waals surface area (Å²) < 4.78 is 5.42. The molecule has 5 N–H and O–H groups in total. The minimum absolute atomic E-state index is 0.150. The molecule has 2 rings (SSSR count). The third-order valence-corrected chi connectivity index (χ3v) is 2.66. The van der Waals surface area contributed by atoms with Crippen LogP contribution in [0, 0.1) is 13.8 Å². The van der Waals surface area contributed by atoms with Crippen molar-refractivity contribution in [3.05, 3.63) is 35.2 Å². The van der Waals surface area contributed by atoms with Crippen LogP contribution in [0.25, 0.3) is 0 Å². The first-order valence-electron chi connectivity index (χ1n) is 5.70. The number of anilines is 2. The lowest BCUT2D eigenvalue weighted by Gasteiger charge is -2.07. The second kappa shape index (κ2) is 4.97. The molecule has 2 aromatic heterocycles. The van der Waals surface area contributed by atoms with Crippen molar-refractivity contribution in [1.82, 2.24) is 9.97 Å². The number of aromatic nitrogens is 2. The van der Waals surface area contributed by atoms with Crippen molar-refractivity contribution in [2.75, 3.05) is 11.1 Å². The molecule has 0 saturated carbocycles. The van der Waals surface area contributed by atoms with Gasteiger partial charge in [0.05, 0.1) is 17.9 Å². The number of carbonyl (C=O) groups is 1. The molecule has 0 atom stereocenters. The lowest BCUT2D eigenvalue weighted by atomic mass is 10.3. The number of rotatable bonds is 4. The van der Waals surface area contributed by atoms with E-state index in [9.17, 15) is 4.79 Å². The van der Waals surface area contributed by atoms with Gasteiger partial charge in [0.2, 0.25) is 5.89 Å². The highest BCUT2D eigenvalue weighted by atomic mass is 16.4. The SMILES string of the molecule is Cc1nc(CNc2nc(C(N)=O)ccc2N)oc1C. The highest BCUT2D eigenvalue weighted by molar-refractivity contribution is 5.91. The zero-order chi connectivity index (χ0) is 14.0. The number of primary amides is 1. The molecular formula is C12H15N5O2. The zero-order valence-corrected chi connectivity index (χ0v) is 10.7. The van der Waals surface area contributed by atoms with Gasteiger partial charge in [0, 0.05) is 0 Å². The highest BCUT2D eigenvalue weighted by Gasteiger charge is 2.09. The van der Waals surface area contributed by atoms with Gasteiger partial charge in [0.25, 0.3) is 5.91 Å². The number of aryl methyl sites for hydroxylation is 2. The second-order valence-electron chi connectivity index (χ2n) is 4.10. The van der Waals surface area contributed by atoms with Gasteiger partial charge >= 0.3 is 0 Å². The molecule has 19 heavy (non-hydrogen) atoms. The molecule has 7 nitrogen and oxygen atoms in total. The Morgan fingerprint density at radius 1 is 1.37 bits per heavy atom. The fraction of sp³-hybridized carbons (Fsp3) is 0.250. The topological polar surface area (TPSA) is 120 Å². The van der Waals surface area contributed by atoms with Gasteiger partial charge in [-0.25, -0.2) is 9.97 Å². The standard InChI is InChI=1S/C12H15N5O2/c1-6-7(2)19-10(16-6)5-15-12-8(13)3-4-9(17-12)11(14)18/h3-4H,5,13H2,1-2H3,(H2,14,18)(H,15,17).